The van der Waals surface area contributed by atoms with Crippen LogP contribution < -0.4 is 26.0 Å². The average molecular weight is 276 g/mol. The summed E-state index contributed by atoms with van der Waals surface area (Å²) < 4.78 is 5.22. The number of amides is 4. The van der Waals surface area contributed by atoms with Crippen molar-refractivity contribution < 1.29 is 19.1 Å². The maximum atomic E-state index is 11.9. The van der Waals surface area contributed by atoms with Crippen molar-refractivity contribution >= 4 is 29.2 Å². The van der Waals surface area contributed by atoms with Crippen molar-refractivity contribution in [2.45, 2.75) is 6.04 Å². The molecule has 1 aromatic rings. The van der Waals surface area contributed by atoms with E-state index in [-0.39, 0.29) is 31.0 Å². The second kappa shape index (κ2) is 4.72. The van der Waals surface area contributed by atoms with Crippen LogP contribution in [-0.2, 0) is 9.59 Å². The van der Waals surface area contributed by atoms with Crippen molar-refractivity contribution in [2.75, 3.05) is 23.8 Å². The lowest BCUT2D eigenvalue weighted by atomic mass is 10.2. The maximum absolute atomic E-state index is 11.9. The van der Waals surface area contributed by atoms with Gasteiger partial charge in [-0.2, -0.15) is 0 Å². The third-order valence-corrected chi connectivity index (χ3v) is 2.97. The zero-order valence-corrected chi connectivity index (χ0v) is 10.4. The lowest BCUT2D eigenvalue weighted by molar-refractivity contribution is -0.118. The predicted molar refractivity (Wildman–Crippen MR) is 69.5 cm³/mol. The van der Waals surface area contributed by atoms with Gasteiger partial charge in [0.05, 0.1) is 5.69 Å². The van der Waals surface area contributed by atoms with E-state index in [9.17, 15) is 14.4 Å². The standard InChI is InChI=1S/C12H12N4O4/c17-10-5-20-9-2-1-6(3-7(9)15-10)14-11(18)8-4-13-12(19)16-8/h1-3,8H,4-5H2,(H,14,18)(H,15,17)(H2,13,16,19). The number of hydrogen-bond acceptors (Lipinski definition) is 4. The second-order valence-electron chi connectivity index (χ2n) is 4.44. The highest BCUT2D eigenvalue weighted by Gasteiger charge is 2.27. The van der Waals surface area contributed by atoms with Crippen molar-refractivity contribution in [3.8, 4) is 5.75 Å². The Balaban J connectivity index is 1.71. The minimum absolute atomic E-state index is 0.0154. The summed E-state index contributed by atoms with van der Waals surface area (Å²) in [6, 6.07) is 3.96. The van der Waals surface area contributed by atoms with Gasteiger partial charge in [-0.25, -0.2) is 4.79 Å². The van der Waals surface area contributed by atoms with E-state index in [1.807, 2.05) is 0 Å². The van der Waals surface area contributed by atoms with Gasteiger partial charge in [-0.15, -0.1) is 0 Å². The summed E-state index contributed by atoms with van der Waals surface area (Å²) in [6.45, 7) is 0.230. The summed E-state index contributed by atoms with van der Waals surface area (Å²) in [6.07, 6.45) is 0. The first kappa shape index (κ1) is 12.3. The SMILES string of the molecule is O=C1COc2ccc(NC(=O)C3CNC(=O)N3)cc2N1. The molecule has 4 amide bonds. The molecule has 1 atom stereocenters. The molecule has 4 N–H and O–H groups in total. The molecular formula is C12H12N4O4. The fourth-order valence-electron chi connectivity index (χ4n) is 2.00. The molecule has 1 aromatic carbocycles. The van der Waals surface area contributed by atoms with Crippen LogP contribution in [0.5, 0.6) is 5.75 Å². The molecule has 2 aliphatic heterocycles. The Morgan fingerprint density at radius 2 is 2.20 bits per heavy atom. The molecule has 0 aromatic heterocycles. The van der Waals surface area contributed by atoms with E-state index in [4.69, 9.17) is 4.74 Å². The Hall–Kier alpha value is -2.77. The first-order valence-corrected chi connectivity index (χ1v) is 6.04. The Labute approximate surface area is 113 Å². The van der Waals surface area contributed by atoms with E-state index >= 15 is 0 Å². The number of hydrogen-bond donors (Lipinski definition) is 4. The molecule has 8 heteroatoms. The number of carbonyl (C=O) groups is 3. The van der Waals surface area contributed by atoms with E-state index in [0.717, 1.165) is 0 Å². The van der Waals surface area contributed by atoms with Gasteiger partial charge in [-0.05, 0) is 18.2 Å². The molecule has 20 heavy (non-hydrogen) atoms. The van der Waals surface area contributed by atoms with Crippen LogP contribution >= 0.6 is 0 Å². The fraction of sp³-hybridized carbons (Fsp3) is 0.250. The van der Waals surface area contributed by atoms with Gasteiger partial charge in [0, 0.05) is 12.2 Å². The number of anilines is 2. The highest BCUT2D eigenvalue weighted by atomic mass is 16.5. The molecule has 0 aliphatic carbocycles. The fourth-order valence-corrected chi connectivity index (χ4v) is 2.00. The number of ether oxygens (including phenoxy) is 1. The lowest BCUT2D eigenvalue weighted by Gasteiger charge is -2.19. The molecule has 0 bridgehead atoms. The van der Waals surface area contributed by atoms with E-state index in [1.165, 1.54) is 0 Å². The summed E-state index contributed by atoms with van der Waals surface area (Å²) in [4.78, 5) is 34.1. The maximum Gasteiger partial charge on any atom is 0.315 e. The normalized spacial score (nSPS) is 20.1. The largest absolute Gasteiger partial charge is 0.482 e. The molecule has 2 aliphatic rings. The molecule has 0 radical (unpaired) electrons. The summed E-state index contributed by atoms with van der Waals surface area (Å²) in [7, 11) is 0. The van der Waals surface area contributed by atoms with Crippen LogP contribution in [0.25, 0.3) is 0 Å². The van der Waals surface area contributed by atoms with E-state index in [2.05, 4.69) is 21.3 Å². The van der Waals surface area contributed by atoms with Crippen molar-refractivity contribution in [1.82, 2.24) is 10.6 Å². The quantitative estimate of drug-likeness (QED) is 0.591. The minimum Gasteiger partial charge on any atom is -0.482 e. The molecule has 1 saturated heterocycles. The molecule has 104 valence electrons. The number of fused-ring (bicyclic) bond motifs is 1. The predicted octanol–water partition coefficient (Wildman–Crippen LogP) is -0.363. The van der Waals surface area contributed by atoms with Gasteiger partial charge < -0.3 is 26.0 Å². The van der Waals surface area contributed by atoms with Crippen LogP contribution in [0.1, 0.15) is 0 Å². The Morgan fingerprint density at radius 3 is 2.95 bits per heavy atom. The highest BCUT2D eigenvalue weighted by Crippen LogP contribution is 2.30. The summed E-state index contributed by atoms with van der Waals surface area (Å²) in [5.41, 5.74) is 1.02. The summed E-state index contributed by atoms with van der Waals surface area (Å²) in [5, 5.41) is 10.3. The Bertz CT molecular complexity index is 601. The molecule has 8 nitrogen and oxygen atoms in total. The third-order valence-electron chi connectivity index (χ3n) is 2.97. The van der Waals surface area contributed by atoms with Gasteiger partial charge in [0.1, 0.15) is 11.8 Å². The molecular weight excluding hydrogens is 264 g/mol. The van der Waals surface area contributed by atoms with Crippen molar-refractivity contribution in [1.29, 1.82) is 0 Å². The zero-order chi connectivity index (χ0) is 14.1. The van der Waals surface area contributed by atoms with Gasteiger partial charge in [0.25, 0.3) is 5.91 Å². The van der Waals surface area contributed by atoms with E-state index in [1.54, 1.807) is 18.2 Å². The first-order valence-electron chi connectivity index (χ1n) is 6.04. The van der Waals surface area contributed by atoms with Crippen molar-refractivity contribution in [2.24, 2.45) is 0 Å². The summed E-state index contributed by atoms with van der Waals surface area (Å²) in [5.74, 6) is -0.0157. The molecule has 1 unspecified atom stereocenters. The van der Waals surface area contributed by atoms with Gasteiger partial charge >= 0.3 is 6.03 Å². The monoisotopic (exact) mass is 276 g/mol. The van der Waals surface area contributed by atoms with Crippen LogP contribution in [0.4, 0.5) is 16.2 Å². The number of urea groups is 1. The van der Waals surface area contributed by atoms with Gasteiger partial charge in [-0.3, -0.25) is 9.59 Å². The van der Waals surface area contributed by atoms with Crippen LogP contribution in [-0.4, -0.2) is 37.0 Å². The molecule has 0 spiro atoms. The smallest absolute Gasteiger partial charge is 0.315 e. The molecule has 1 fully saturated rings. The van der Waals surface area contributed by atoms with E-state index < -0.39 is 6.04 Å². The van der Waals surface area contributed by atoms with E-state index in [0.29, 0.717) is 17.1 Å². The number of nitrogens with one attached hydrogen (secondary N) is 4. The lowest BCUT2D eigenvalue weighted by Crippen LogP contribution is -2.38. The van der Waals surface area contributed by atoms with Gasteiger partial charge in [0.2, 0.25) is 5.91 Å². The first-order chi connectivity index (χ1) is 9.61. The van der Waals surface area contributed by atoms with Gasteiger partial charge in [-0.1, -0.05) is 0 Å². The van der Waals surface area contributed by atoms with Gasteiger partial charge in [0.15, 0.2) is 6.61 Å². The second-order valence-corrected chi connectivity index (χ2v) is 4.44. The molecule has 3 rings (SSSR count). The third kappa shape index (κ3) is 2.35. The minimum atomic E-state index is -0.607. The highest BCUT2D eigenvalue weighted by molar-refractivity contribution is 6.00. The number of benzene rings is 1. The Morgan fingerprint density at radius 1 is 1.35 bits per heavy atom. The average Bonchev–Trinajstić information content (AvgIpc) is 2.85. The molecule has 2 heterocycles. The Kier molecular flexibility index (Phi) is 2.90. The van der Waals surface area contributed by atoms with Crippen molar-refractivity contribution in [3.05, 3.63) is 18.2 Å². The van der Waals surface area contributed by atoms with Crippen LogP contribution in [0, 0.1) is 0 Å². The summed E-state index contributed by atoms with van der Waals surface area (Å²) >= 11 is 0. The van der Waals surface area contributed by atoms with Crippen molar-refractivity contribution in [3.63, 3.8) is 0 Å². The number of carbonyl (C=O) groups excluding carboxylic acids is 3. The zero-order valence-electron chi connectivity index (χ0n) is 10.4. The van der Waals surface area contributed by atoms with Crippen LogP contribution in [0.15, 0.2) is 18.2 Å². The number of rotatable bonds is 2. The van der Waals surface area contributed by atoms with Crippen LogP contribution in [0.3, 0.4) is 0 Å². The molecule has 0 saturated carbocycles. The van der Waals surface area contributed by atoms with Crippen LogP contribution in [0.2, 0.25) is 0 Å². The topological polar surface area (TPSA) is 109 Å².